The molecule has 0 unspecified atom stereocenters. The standard InChI is InChI=1S/C14H25N5S.C4H8.C2H6/c1-4-7-20-14-17-10(3)12(15)13(18-14)19(16)11-6-5-9(2)8-11;1-3-4-2;1-2/h9,11H,4-8,15-16H2,1-3H3;3-4H,1-2H3;1-2H3/b;4-3-;/t9-,11+;;/m1../s1. The second-order valence-corrected chi connectivity index (χ2v) is 7.39. The number of nitrogen functional groups attached to an aromatic ring is 1. The van der Waals surface area contributed by atoms with Gasteiger partial charge in [-0.1, -0.05) is 51.6 Å². The van der Waals surface area contributed by atoms with E-state index in [0.29, 0.717) is 17.5 Å². The molecule has 2 rings (SSSR count). The first kappa shape index (κ1) is 24.7. The summed E-state index contributed by atoms with van der Waals surface area (Å²) < 4.78 is 0. The van der Waals surface area contributed by atoms with Gasteiger partial charge in [0.2, 0.25) is 0 Å². The molecule has 4 N–H and O–H groups in total. The van der Waals surface area contributed by atoms with Crippen LogP contribution in [0.1, 0.15) is 72.9 Å². The second-order valence-electron chi connectivity index (χ2n) is 6.32. The minimum absolute atomic E-state index is 0.339. The molecular formula is C20H39N5S. The lowest BCUT2D eigenvalue weighted by molar-refractivity contribution is 0.565. The number of anilines is 2. The maximum absolute atomic E-state index is 6.28. The zero-order valence-corrected chi connectivity index (χ0v) is 18.6. The molecule has 26 heavy (non-hydrogen) atoms. The van der Waals surface area contributed by atoms with Crippen molar-refractivity contribution in [3.63, 3.8) is 0 Å². The number of hydrogen-bond donors (Lipinski definition) is 2. The highest BCUT2D eigenvalue weighted by Crippen LogP contribution is 2.33. The first-order chi connectivity index (χ1) is 12.4. The van der Waals surface area contributed by atoms with Gasteiger partial charge < -0.3 is 5.73 Å². The molecular weight excluding hydrogens is 342 g/mol. The molecule has 1 heterocycles. The van der Waals surface area contributed by atoms with Crippen LogP contribution in [0.15, 0.2) is 17.3 Å². The number of aryl methyl sites for hydroxylation is 1. The van der Waals surface area contributed by atoms with Crippen LogP contribution in [0.2, 0.25) is 0 Å². The molecule has 150 valence electrons. The van der Waals surface area contributed by atoms with E-state index in [1.807, 2.05) is 46.8 Å². The second kappa shape index (κ2) is 13.9. The fraction of sp³-hybridized carbons (Fsp3) is 0.700. The number of rotatable bonds is 5. The minimum Gasteiger partial charge on any atom is -0.394 e. The highest BCUT2D eigenvalue weighted by atomic mass is 32.2. The van der Waals surface area contributed by atoms with Crippen molar-refractivity contribution in [2.75, 3.05) is 16.5 Å². The van der Waals surface area contributed by atoms with Crippen LogP contribution in [0, 0.1) is 12.8 Å². The van der Waals surface area contributed by atoms with E-state index in [9.17, 15) is 0 Å². The van der Waals surface area contributed by atoms with Crippen molar-refractivity contribution in [1.82, 2.24) is 9.97 Å². The van der Waals surface area contributed by atoms with Gasteiger partial charge in [-0.3, -0.25) is 5.01 Å². The first-order valence-corrected chi connectivity index (χ1v) is 10.8. The summed E-state index contributed by atoms with van der Waals surface area (Å²) in [6.45, 7) is 14.3. The summed E-state index contributed by atoms with van der Waals surface area (Å²) in [5, 5.41) is 2.54. The van der Waals surface area contributed by atoms with Crippen molar-refractivity contribution in [2.45, 2.75) is 85.3 Å². The van der Waals surface area contributed by atoms with Crippen molar-refractivity contribution in [2.24, 2.45) is 11.8 Å². The number of hydrazine groups is 1. The van der Waals surface area contributed by atoms with Crippen LogP contribution in [0.25, 0.3) is 0 Å². The highest BCUT2D eigenvalue weighted by molar-refractivity contribution is 7.99. The van der Waals surface area contributed by atoms with Crippen molar-refractivity contribution in [3.05, 3.63) is 17.8 Å². The van der Waals surface area contributed by atoms with Gasteiger partial charge in [-0.05, 0) is 52.4 Å². The number of allylic oxidation sites excluding steroid dienone is 2. The fourth-order valence-corrected chi connectivity index (χ4v) is 3.34. The Morgan fingerprint density at radius 1 is 1.19 bits per heavy atom. The SMILES string of the molecule is C/C=C\C.CC.CCCSc1nc(C)c(N)c(N(N)[C@H]2CC[C@@H](C)C2)n1. The highest BCUT2D eigenvalue weighted by Gasteiger charge is 2.28. The zero-order chi connectivity index (χ0) is 20.1. The van der Waals surface area contributed by atoms with E-state index in [2.05, 4.69) is 23.8 Å². The Morgan fingerprint density at radius 3 is 2.27 bits per heavy atom. The topological polar surface area (TPSA) is 81.1 Å². The number of hydrogen-bond acceptors (Lipinski definition) is 6. The molecule has 1 aromatic heterocycles. The Hall–Kier alpha value is -1.27. The summed E-state index contributed by atoms with van der Waals surface area (Å²) in [6.07, 6.45) is 8.53. The molecule has 0 bridgehead atoms. The predicted octanol–water partition coefficient (Wildman–Crippen LogP) is 5.35. The Morgan fingerprint density at radius 2 is 1.81 bits per heavy atom. The van der Waals surface area contributed by atoms with Crippen LogP contribution in [-0.2, 0) is 0 Å². The van der Waals surface area contributed by atoms with Crippen molar-refractivity contribution in [3.8, 4) is 0 Å². The van der Waals surface area contributed by atoms with Gasteiger partial charge in [0.15, 0.2) is 11.0 Å². The molecule has 0 aliphatic heterocycles. The summed E-state index contributed by atoms with van der Waals surface area (Å²) in [7, 11) is 0. The molecule has 1 aromatic rings. The van der Waals surface area contributed by atoms with Gasteiger partial charge in [-0.25, -0.2) is 15.8 Å². The molecule has 1 aliphatic rings. The van der Waals surface area contributed by atoms with Crippen LogP contribution in [0.5, 0.6) is 0 Å². The quantitative estimate of drug-likeness (QED) is 0.235. The predicted molar refractivity (Wildman–Crippen MR) is 118 cm³/mol. The Kier molecular flexibility index (Phi) is 13.2. The van der Waals surface area contributed by atoms with Crippen LogP contribution in [-0.4, -0.2) is 21.8 Å². The molecule has 0 spiro atoms. The van der Waals surface area contributed by atoms with Gasteiger partial charge >= 0.3 is 0 Å². The van der Waals surface area contributed by atoms with Crippen LogP contribution >= 0.6 is 11.8 Å². The lowest BCUT2D eigenvalue weighted by Gasteiger charge is -2.26. The van der Waals surface area contributed by atoms with Crippen LogP contribution in [0.3, 0.4) is 0 Å². The van der Waals surface area contributed by atoms with Gasteiger partial charge in [-0.15, -0.1) is 0 Å². The molecule has 0 saturated heterocycles. The molecule has 1 saturated carbocycles. The summed E-state index contributed by atoms with van der Waals surface area (Å²) in [4.78, 5) is 9.01. The molecule has 1 fully saturated rings. The summed E-state index contributed by atoms with van der Waals surface area (Å²) in [5.41, 5.74) is 7.55. The summed E-state index contributed by atoms with van der Waals surface area (Å²) in [5.74, 6) is 8.71. The molecule has 1 aliphatic carbocycles. The maximum atomic E-state index is 6.28. The monoisotopic (exact) mass is 381 g/mol. The molecule has 0 aromatic carbocycles. The van der Waals surface area contributed by atoms with Gasteiger partial charge in [0, 0.05) is 11.8 Å². The van der Waals surface area contributed by atoms with E-state index in [0.717, 1.165) is 41.8 Å². The zero-order valence-electron chi connectivity index (χ0n) is 17.7. The van der Waals surface area contributed by atoms with E-state index >= 15 is 0 Å². The summed E-state index contributed by atoms with van der Waals surface area (Å²) >= 11 is 1.66. The fourth-order valence-electron chi connectivity index (χ4n) is 2.60. The van der Waals surface area contributed by atoms with E-state index < -0.39 is 0 Å². The molecule has 2 atom stereocenters. The Balaban J connectivity index is 0.000000920. The smallest absolute Gasteiger partial charge is 0.189 e. The van der Waals surface area contributed by atoms with E-state index in [1.54, 1.807) is 16.8 Å². The van der Waals surface area contributed by atoms with Crippen LogP contribution in [0.4, 0.5) is 11.5 Å². The Bertz CT molecular complexity index is 529. The minimum atomic E-state index is 0.339. The largest absolute Gasteiger partial charge is 0.394 e. The number of nitrogens with two attached hydrogens (primary N) is 2. The third-order valence-electron chi connectivity index (χ3n) is 4.17. The molecule has 0 radical (unpaired) electrons. The van der Waals surface area contributed by atoms with Gasteiger partial charge in [0.25, 0.3) is 0 Å². The number of thioether (sulfide) groups is 1. The first-order valence-electron chi connectivity index (χ1n) is 9.82. The average molecular weight is 382 g/mol. The summed E-state index contributed by atoms with van der Waals surface area (Å²) in [6, 6.07) is 0.339. The van der Waals surface area contributed by atoms with E-state index in [-0.39, 0.29) is 0 Å². The van der Waals surface area contributed by atoms with E-state index in [4.69, 9.17) is 11.6 Å². The van der Waals surface area contributed by atoms with Gasteiger partial charge in [0.1, 0.15) is 0 Å². The van der Waals surface area contributed by atoms with Crippen molar-refractivity contribution >= 4 is 23.3 Å². The van der Waals surface area contributed by atoms with Crippen molar-refractivity contribution in [1.29, 1.82) is 0 Å². The third kappa shape index (κ3) is 7.96. The number of aromatic nitrogens is 2. The Labute approximate surface area is 165 Å². The molecule has 6 heteroatoms. The van der Waals surface area contributed by atoms with Gasteiger partial charge in [-0.2, -0.15) is 0 Å². The van der Waals surface area contributed by atoms with Gasteiger partial charge in [0.05, 0.1) is 11.4 Å². The van der Waals surface area contributed by atoms with E-state index in [1.165, 1.54) is 6.42 Å². The van der Waals surface area contributed by atoms with Crippen molar-refractivity contribution < 1.29 is 0 Å². The lowest BCUT2D eigenvalue weighted by Crippen LogP contribution is -2.41. The lowest BCUT2D eigenvalue weighted by atomic mass is 10.1. The molecule has 0 amide bonds. The normalized spacial score (nSPS) is 18.8. The van der Waals surface area contributed by atoms with Crippen LogP contribution < -0.4 is 16.6 Å². The average Bonchev–Trinajstić information content (AvgIpc) is 3.10. The number of nitrogens with zero attached hydrogens (tertiary/aromatic N) is 3. The maximum Gasteiger partial charge on any atom is 0.189 e. The molecule has 5 nitrogen and oxygen atoms in total. The third-order valence-corrected chi connectivity index (χ3v) is 5.22.